The first-order chi connectivity index (χ1) is 12.5. The molecule has 0 amide bonds. The Balaban J connectivity index is 1.86. The molecule has 0 radical (unpaired) electrons. The lowest BCUT2D eigenvalue weighted by molar-refractivity contribution is 0.578. The van der Waals surface area contributed by atoms with Crippen molar-refractivity contribution in [3.05, 3.63) is 84.0 Å². The molecular weight excluding hydrogens is 314 g/mol. The number of hydrogen-bond donors (Lipinski definition) is 0. The van der Waals surface area contributed by atoms with Crippen LogP contribution in [0.1, 0.15) is 56.7 Å². The second-order valence-corrected chi connectivity index (χ2v) is 8.24. The van der Waals surface area contributed by atoms with Crippen molar-refractivity contribution in [2.24, 2.45) is 0 Å². The zero-order chi connectivity index (χ0) is 18.6. The van der Waals surface area contributed by atoms with E-state index in [1.165, 1.54) is 60.3 Å². The predicted molar refractivity (Wildman–Crippen MR) is 115 cm³/mol. The molecule has 0 aliphatic carbocycles. The largest absolute Gasteiger partial charge is 0.372 e. The van der Waals surface area contributed by atoms with Crippen LogP contribution < -0.4 is 4.90 Å². The van der Waals surface area contributed by atoms with E-state index < -0.39 is 0 Å². The first-order valence-electron chi connectivity index (χ1n) is 9.78. The highest BCUT2D eigenvalue weighted by atomic mass is 15.1. The van der Waals surface area contributed by atoms with Crippen molar-refractivity contribution in [1.82, 2.24) is 0 Å². The minimum atomic E-state index is 0.178. The zero-order valence-electron chi connectivity index (χ0n) is 16.5. The van der Waals surface area contributed by atoms with Gasteiger partial charge in [-0.3, -0.25) is 0 Å². The molecule has 0 unspecified atom stereocenters. The van der Waals surface area contributed by atoms with Crippen molar-refractivity contribution in [3.63, 3.8) is 0 Å². The lowest BCUT2D eigenvalue weighted by Gasteiger charge is -2.29. The second kappa shape index (κ2) is 7.95. The topological polar surface area (TPSA) is 3.24 Å². The molecule has 1 aliphatic rings. The fourth-order valence-corrected chi connectivity index (χ4v) is 3.63. The normalized spacial score (nSPS) is 15.8. The third-order valence-corrected chi connectivity index (χ3v) is 5.25. The molecule has 26 heavy (non-hydrogen) atoms. The molecule has 0 spiro atoms. The average molecular weight is 346 g/mol. The van der Waals surface area contributed by atoms with Crippen molar-refractivity contribution >= 4 is 11.3 Å². The molecule has 0 saturated carbocycles. The van der Waals surface area contributed by atoms with Crippen LogP contribution in [0.2, 0.25) is 0 Å². The van der Waals surface area contributed by atoms with E-state index in [0.717, 1.165) is 0 Å². The van der Waals surface area contributed by atoms with Crippen molar-refractivity contribution < 1.29 is 0 Å². The van der Waals surface area contributed by atoms with Gasteiger partial charge in [-0.05, 0) is 59.1 Å². The first kappa shape index (κ1) is 18.5. The maximum atomic E-state index is 3.91. The van der Waals surface area contributed by atoms with E-state index in [1.54, 1.807) is 0 Å². The molecule has 0 N–H and O–H groups in total. The molecule has 2 aromatic carbocycles. The minimum absolute atomic E-state index is 0.178. The lowest BCUT2D eigenvalue weighted by Crippen LogP contribution is -2.29. The fraction of sp³-hybridized carbons (Fsp3) is 0.360. The molecule has 1 heterocycles. The quantitative estimate of drug-likeness (QED) is 0.565. The zero-order valence-corrected chi connectivity index (χ0v) is 16.5. The number of piperidine rings is 1. The number of nitrogens with zero attached hydrogens (tertiary/aromatic N) is 1. The van der Waals surface area contributed by atoms with Crippen molar-refractivity contribution in [3.8, 4) is 0 Å². The summed E-state index contributed by atoms with van der Waals surface area (Å²) in [4.78, 5) is 2.50. The van der Waals surface area contributed by atoms with Gasteiger partial charge in [0.05, 0.1) is 0 Å². The number of anilines is 1. The highest BCUT2D eigenvalue weighted by Gasteiger charge is 2.14. The Morgan fingerprint density at radius 1 is 0.846 bits per heavy atom. The molecule has 1 fully saturated rings. The molecule has 136 valence electrons. The third-order valence-electron chi connectivity index (χ3n) is 5.25. The Morgan fingerprint density at radius 3 is 1.88 bits per heavy atom. The van der Waals surface area contributed by atoms with Gasteiger partial charge >= 0.3 is 0 Å². The van der Waals surface area contributed by atoms with Crippen LogP contribution in [-0.2, 0) is 5.41 Å². The van der Waals surface area contributed by atoms with Crippen LogP contribution in [0.25, 0.3) is 5.57 Å². The van der Waals surface area contributed by atoms with Gasteiger partial charge in [0.15, 0.2) is 0 Å². The van der Waals surface area contributed by atoms with Gasteiger partial charge in [-0.2, -0.15) is 0 Å². The summed E-state index contributed by atoms with van der Waals surface area (Å²) in [6.45, 7) is 13.0. The second-order valence-electron chi connectivity index (χ2n) is 8.24. The van der Waals surface area contributed by atoms with Gasteiger partial charge in [0.1, 0.15) is 0 Å². The van der Waals surface area contributed by atoms with Gasteiger partial charge in [0.2, 0.25) is 0 Å². The molecule has 0 bridgehead atoms. The molecule has 0 aromatic heterocycles. The Morgan fingerprint density at radius 2 is 1.38 bits per heavy atom. The Labute approximate surface area is 159 Å². The van der Waals surface area contributed by atoms with Crippen LogP contribution in [-0.4, -0.2) is 13.1 Å². The van der Waals surface area contributed by atoms with Crippen LogP contribution in [0.4, 0.5) is 5.69 Å². The highest BCUT2D eigenvalue weighted by molar-refractivity contribution is 5.81. The summed E-state index contributed by atoms with van der Waals surface area (Å²) in [5, 5.41) is 0. The summed E-state index contributed by atoms with van der Waals surface area (Å²) in [6.07, 6.45) is 7.98. The van der Waals surface area contributed by atoms with E-state index in [2.05, 4.69) is 86.9 Å². The number of benzene rings is 2. The van der Waals surface area contributed by atoms with Crippen LogP contribution >= 0.6 is 0 Å². The molecule has 1 saturated heterocycles. The summed E-state index contributed by atoms with van der Waals surface area (Å²) >= 11 is 0. The lowest BCUT2D eigenvalue weighted by atomic mass is 9.85. The van der Waals surface area contributed by atoms with E-state index in [1.807, 2.05) is 6.08 Å². The number of hydrogen-bond acceptors (Lipinski definition) is 1. The predicted octanol–water partition coefficient (Wildman–Crippen LogP) is 6.59. The standard InChI is InChI=1S/C25H31N/c1-5-9-24(20-10-14-22(15-11-20)25(2,3)4)21-12-16-23(17-13-21)26-18-7-6-8-19-26/h5,9-17H,1,6-8,18-19H2,2-4H3. The summed E-state index contributed by atoms with van der Waals surface area (Å²) in [5.74, 6) is 0. The van der Waals surface area contributed by atoms with E-state index in [-0.39, 0.29) is 5.41 Å². The van der Waals surface area contributed by atoms with Gasteiger partial charge in [0.25, 0.3) is 0 Å². The molecule has 0 atom stereocenters. The van der Waals surface area contributed by atoms with Crippen LogP contribution in [0.3, 0.4) is 0 Å². The van der Waals surface area contributed by atoms with Gasteiger partial charge in [-0.25, -0.2) is 0 Å². The summed E-state index contributed by atoms with van der Waals surface area (Å²) in [6, 6.07) is 18.0. The maximum Gasteiger partial charge on any atom is 0.0366 e. The third kappa shape index (κ3) is 4.27. The summed E-state index contributed by atoms with van der Waals surface area (Å²) in [7, 11) is 0. The first-order valence-corrected chi connectivity index (χ1v) is 9.78. The number of allylic oxidation sites excluding steroid dienone is 2. The monoisotopic (exact) mass is 345 g/mol. The highest BCUT2D eigenvalue weighted by Crippen LogP contribution is 2.29. The smallest absolute Gasteiger partial charge is 0.0366 e. The molecule has 1 aliphatic heterocycles. The molecule has 3 rings (SSSR count). The summed E-state index contributed by atoms with van der Waals surface area (Å²) in [5.41, 5.74) is 6.59. The Kier molecular flexibility index (Phi) is 5.66. The van der Waals surface area contributed by atoms with Crippen molar-refractivity contribution in [1.29, 1.82) is 0 Å². The SMILES string of the molecule is C=CC=C(c1ccc(N2CCCCC2)cc1)c1ccc(C(C)(C)C)cc1. The average Bonchev–Trinajstić information content (AvgIpc) is 2.66. The van der Waals surface area contributed by atoms with Crippen molar-refractivity contribution in [2.75, 3.05) is 18.0 Å². The van der Waals surface area contributed by atoms with Crippen molar-refractivity contribution in [2.45, 2.75) is 45.4 Å². The van der Waals surface area contributed by atoms with Gasteiger partial charge in [0, 0.05) is 18.8 Å². The fourth-order valence-electron chi connectivity index (χ4n) is 3.63. The van der Waals surface area contributed by atoms with Gasteiger partial charge in [-0.15, -0.1) is 0 Å². The molecular formula is C25H31N. The molecule has 1 nitrogen and oxygen atoms in total. The Bertz CT molecular complexity index is 751. The van der Waals surface area contributed by atoms with E-state index in [9.17, 15) is 0 Å². The van der Waals surface area contributed by atoms with E-state index >= 15 is 0 Å². The van der Waals surface area contributed by atoms with E-state index in [4.69, 9.17) is 0 Å². The summed E-state index contributed by atoms with van der Waals surface area (Å²) < 4.78 is 0. The number of rotatable bonds is 4. The maximum absolute atomic E-state index is 3.91. The van der Waals surface area contributed by atoms with Gasteiger partial charge in [-0.1, -0.05) is 75.9 Å². The van der Waals surface area contributed by atoms with Crippen LogP contribution in [0.5, 0.6) is 0 Å². The Hall–Kier alpha value is -2.28. The molecule has 1 heteroatoms. The van der Waals surface area contributed by atoms with Crippen LogP contribution in [0, 0.1) is 0 Å². The minimum Gasteiger partial charge on any atom is -0.372 e. The molecule has 2 aromatic rings. The van der Waals surface area contributed by atoms with Crippen LogP contribution in [0.15, 0.2) is 67.3 Å². The van der Waals surface area contributed by atoms with Gasteiger partial charge < -0.3 is 4.90 Å². The van der Waals surface area contributed by atoms with E-state index in [0.29, 0.717) is 0 Å².